The van der Waals surface area contributed by atoms with Gasteiger partial charge in [0.2, 0.25) is 0 Å². The van der Waals surface area contributed by atoms with Crippen molar-refractivity contribution >= 4 is 23.1 Å². The standard InChI is InChI=1S/C7H7.HI.Mg/c1-7-5-3-2-4-6-7;;/h2-5H,1H3;1H;/q-1;;+2/p-1. The van der Waals surface area contributed by atoms with Gasteiger partial charge in [-0.05, 0) is 0 Å². The molecule has 0 amide bonds. The van der Waals surface area contributed by atoms with Crippen molar-refractivity contribution in [1.29, 1.82) is 0 Å². The second-order valence-electron chi connectivity index (χ2n) is 1.55. The van der Waals surface area contributed by atoms with Crippen LogP contribution in [0.1, 0.15) is 5.56 Å². The molecule has 0 heterocycles. The molecule has 0 aliphatic heterocycles. The van der Waals surface area contributed by atoms with Gasteiger partial charge in [0.1, 0.15) is 0 Å². The Kier molecular flexibility index (Phi) is 9.41. The fraction of sp³-hybridized carbons (Fsp3) is 0.143. The summed E-state index contributed by atoms with van der Waals surface area (Å²) < 4.78 is 0. The summed E-state index contributed by atoms with van der Waals surface area (Å²) in [6, 6.07) is 10.9. The van der Waals surface area contributed by atoms with Crippen LogP contribution in [-0.2, 0) is 0 Å². The first-order valence-corrected chi connectivity index (χ1v) is 2.33. The number of hydrogen-bond donors (Lipinski definition) is 0. The molecule has 1 aromatic carbocycles. The van der Waals surface area contributed by atoms with E-state index in [0.717, 1.165) is 0 Å². The van der Waals surface area contributed by atoms with Crippen molar-refractivity contribution in [1.82, 2.24) is 0 Å². The molecule has 0 spiro atoms. The van der Waals surface area contributed by atoms with E-state index in [0.29, 0.717) is 0 Å². The smallest absolute Gasteiger partial charge is 1.00 e. The average molecular weight is 242 g/mol. The van der Waals surface area contributed by atoms with E-state index in [9.17, 15) is 0 Å². The van der Waals surface area contributed by atoms with Gasteiger partial charge in [-0.3, -0.25) is 0 Å². The summed E-state index contributed by atoms with van der Waals surface area (Å²) in [5.74, 6) is 0. The van der Waals surface area contributed by atoms with Gasteiger partial charge in [0.25, 0.3) is 0 Å². The Morgan fingerprint density at radius 3 is 2.22 bits per heavy atom. The normalized spacial score (nSPS) is 6.78. The Labute approximate surface area is 89.2 Å². The van der Waals surface area contributed by atoms with Gasteiger partial charge >= 0.3 is 23.1 Å². The molecule has 0 radical (unpaired) electrons. The summed E-state index contributed by atoms with van der Waals surface area (Å²) >= 11 is 0. The van der Waals surface area contributed by atoms with E-state index >= 15 is 0 Å². The number of hydrogen-bond acceptors (Lipinski definition) is 0. The fourth-order valence-corrected chi connectivity index (χ4v) is 0.483. The third-order valence-electron chi connectivity index (χ3n) is 0.865. The maximum Gasteiger partial charge on any atom is 2.00 e. The number of halogens is 1. The molecular formula is C7H7IMg. The molecule has 0 atom stereocenters. The van der Waals surface area contributed by atoms with Crippen LogP contribution >= 0.6 is 0 Å². The van der Waals surface area contributed by atoms with E-state index in [1.165, 1.54) is 5.56 Å². The molecule has 1 rings (SSSR count). The zero-order valence-corrected chi connectivity index (χ0v) is 8.97. The van der Waals surface area contributed by atoms with Crippen LogP contribution in [0.3, 0.4) is 0 Å². The summed E-state index contributed by atoms with van der Waals surface area (Å²) in [6.07, 6.45) is 0. The Hall–Kier alpha value is 0.716. The topological polar surface area (TPSA) is 0 Å². The molecule has 0 nitrogen and oxygen atoms in total. The monoisotopic (exact) mass is 242 g/mol. The SMILES string of the molecule is Cc1[c-]cccc1.[I-].[Mg+2]. The number of benzene rings is 1. The second-order valence-corrected chi connectivity index (χ2v) is 1.55. The Morgan fingerprint density at radius 1 is 1.33 bits per heavy atom. The van der Waals surface area contributed by atoms with Gasteiger partial charge in [-0.1, -0.05) is 6.92 Å². The summed E-state index contributed by atoms with van der Waals surface area (Å²) in [7, 11) is 0. The first-order chi connectivity index (χ1) is 3.39. The predicted molar refractivity (Wildman–Crippen MR) is 35.8 cm³/mol. The largest absolute Gasteiger partial charge is 2.00 e. The minimum Gasteiger partial charge on any atom is -1.00 e. The molecule has 9 heavy (non-hydrogen) atoms. The molecule has 1 aromatic rings. The van der Waals surface area contributed by atoms with Crippen LogP contribution in [0.15, 0.2) is 24.3 Å². The minimum absolute atomic E-state index is 0. The van der Waals surface area contributed by atoms with Gasteiger partial charge in [0.05, 0.1) is 0 Å². The average Bonchev–Trinajstić information content (AvgIpc) is 1.69. The number of rotatable bonds is 0. The van der Waals surface area contributed by atoms with E-state index in [4.69, 9.17) is 0 Å². The van der Waals surface area contributed by atoms with Crippen molar-refractivity contribution in [2.75, 3.05) is 0 Å². The first-order valence-electron chi connectivity index (χ1n) is 2.33. The van der Waals surface area contributed by atoms with Crippen LogP contribution in [-0.4, -0.2) is 23.1 Å². The summed E-state index contributed by atoms with van der Waals surface area (Å²) in [5, 5.41) is 0. The summed E-state index contributed by atoms with van der Waals surface area (Å²) in [6.45, 7) is 2.03. The number of aryl methyl sites for hydroxylation is 1. The van der Waals surface area contributed by atoms with E-state index in [2.05, 4.69) is 6.07 Å². The molecule has 0 unspecified atom stereocenters. The van der Waals surface area contributed by atoms with Crippen LogP contribution in [0.2, 0.25) is 0 Å². The third-order valence-corrected chi connectivity index (χ3v) is 0.865. The third kappa shape index (κ3) is 5.18. The quantitative estimate of drug-likeness (QED) is 0.293. The van der Waals surface area contributed by atoms with Gasteiger partial charge in [-0.2, -0.15) is 35.9 Å². The Morgan fingerprint density at radius 2 is 2.00 bits per heavy atom. The van der Waals surface area contributed by atoms with Crippen LogP contribution in [0.5, 0.6) is 0 Å². The van der Waals surface area contributed by atoms with Crippen molar-refractivity contribution in [3.05, 3.63) is 35.9 Å². The molecule has 0 saturated carbocycles. The molecule has 0 saturated heterocycles. The molecule has 0 fully saturated rings. The Balaban J connectivity index is 0. The zero-order valence-electron chi connectivity index (χ0n) is 5.39. The van der Waals surface area contributed by atoms with Gasteiger partial charge in [-0.25, -0.2) is 0 Å². The van der Waals surface area contributed by atoms with Crippen LogP contribution in [0.25, 0.3) is 0 Å². The molecule has 0 aliphatic rings. The van der Waals surface area contributed by atoms with Crippen molar-refractivity contribution in [2.24, 2.45) is 0 Å². The fourth-order valence-electron chi connectivity index (χ4n) is 0.483. The maximum absolute atomic E-state index is 3.03. The predicted octanol–water partition coefficient (Wildman–Crippen LogP) is -1.58. The van der Waals surface area contributed by atoms with Gasteiger partial charge in [0.15, 0.2) is 0 Å². The van der Waals surface area contributed by atoms with Gasteiger partial charge in [0, 0.05) is 0 Å². The van der Waals surface area contributed by atoms with E-state index < -0.39 is 0 Å². The van der Waals surface area contributed by atoms with Crippen molar-refractivity contribution < 1.29 is 24.0 Å². The van der Waals surface area contributed by atoms with E-state index in [-0.39, 0.29) is 47.0 Å². The van der Waals surface area contributed by atoms with Crippen molar-refractivity contribution in [3.8, 4) is 0 Å². The molecule has 0 N–H and O–H groups in total. The van der Waals surface area contributed by atoms with E-state index in [1.54, 1.807) is 0 Å². The van der Waals surface area contributed by atoms with Crippen molar-refractivity contribution in [2.45, 2.75) is 6.92 Å². The molecular weight excluding hydrogens is 235 g/mol. The van der Waals surface area contributed by atoms with E-state index in [1.807, 2.05) is 31.2 Å². The van der Waals surface area contributed by atoms with Crippen LogP contribution in [0.4, 0.5) is 0 Å². The van der Waals surface area contributed by atoms with Crippen molar-refractivity contribution in [3.63, 3.8) is 0 Å². The van der Waals surface area contributed by atoms with Crippen LogP contribution < -0.4 is 24.0 Å². The maximum atomic E-state index is 3.03. The molecule has 44 valence electrons. The first kappa shape index (κ1) is 12.4. The zero-order chi connectivity index (χ0) is 5.11. The minimum atomic E-state index is 0. The second kappa shape index (κ2) is 6.83. The molecule has 2 heteroatoms. The van der Waals surface area contributed by atoms with Crippen LogP contribution in [0, 0.1) is 13.0 Å². The molecule has 0 bridgehead atoms. The summed E-state index contributed by atoms with van der Waals surface area (Å²) in [4.78, 5) is 0. The molecule has 0 aromatic heterocycles. The van der Waals surface area contributed by atoms with Gasteiger partial charge in [-0.15, -0.1) is 0 Å². The molecule has 0 aliphatic carbocycles. The summed E-state index contributed by atoms with van der Waals surface area (Å²) in [5.41, 5.74) is 1.20. The Bertz CT molecular complexity index is 139. The van der Waals surface area contributed by atoms with Gasteiger partial charge < -0.3 is 24.0 Å².